The third kappa shape index (κ3) is 1.75. The van der Waals surface area contributed by atoms with E-state index in [2.05, 4.69) is 6.07 Å². The Labute approximate surface area is 124 Å². The molecule has 0 spiro atoms. The predicted molar refractivity (Wildman–Crippen MR) is 81.6 cm³/mol. The summed E-state index contributed by atoms with van der Waals surface area (Å²) in [6.45, 7) is 0.938. The number of rotatable bonds is 1. The first-order valence-corrected chi connectivity index (χ1v) is 7.71. The smallest absolute Gasteiger partial charge is 0.223 e. The molecule has 1 saturated heterocycles. The lowest BCUT2D eigenvalue weighted by Gasteiger charge is -2.40. The van der Waals surface area contributed by atoms with Crippen LogP contribution in [0.4, 0.5) is 5.69 Å². The standard InChI is InChI=1S/C17H20N2O2/c18-14-3-1-2-11-10(9-20)8-13-12(17(11)14)6-7-19-15(13)4-5-16(19)21/h1-3,10,15,20H,4-9,18H2/t10-,15-/m0/s1. The van der Waals surface area contributed by atoms with Crippen molar-refractivity contribution < 1.29 is 9.90 Å². The summed E-state index contributed by atoms with van der Waals surface area (Å²) in [5.41, 5.74) is 12.0. The Bertz CT molecular complexity index is 650. The number of anilines is 1. The van der Waals surface area contributed by atoms with Gasteiger partial charge in [0.15, 0.2) is 0 Å². The van der Waals surface area contributed by atoms with E-state index in [4.69, 9.17) is 5.73 Å². The van der Waals surface area contributed by atoms with Crippen LogP contribution in [0.25, 0.3) is 5.57 Å². The maximum absolute atomic E-state index is 12.0. The van der Waals surface area contributed by atoms with Gasteiger partial charge in [0.25, 0.3) is 0 Å². The van der Waals surface area contributed by atoms with Crippen LogP contribution in [0.15, 0.2) is 23.8 Å². The summed E-state index contributed by atoms with van der Waals surface area (Å²) in [5.74, 6) is 0.386. The van der Waals surface area contributed by atoms with E-state index >= 15 is 0 Å². The number of benzene rings is 1. The zero-order valence-electron chi connectivity index (χ0n) is 12.0. The maximum atomic E-state index is 12.0. The molecule has 1 fully saturated rings. The van der Waals surface area contributed by atoms with Crippen molar-refractivity contribution in [3.05, 3.63) is 34.9 Å². The second-order valence-corrected chi connectivity index (χ2v) is 6.29. The molecule has 1 aliphatic carbocycles. The summed E-state index contributed by atoms with van der Waals surface area (Å²) in [4.78, 5) is 14.0. The van der Waals surface area contributed by atoms with Gasteiger partial charge in [-0.3, -0.25) is 4.79 Å². The summed E-state index contributed by atoms with van der Waals surface area (Å²) in [6, 6.07) is 6.23. The van der Waals surface area contributed by atoms with Crippen molar-refractivity contribution in [1.82, 2.24) is 4.90 Å². The molecule has 0 aromatic heterocycles. The van der Waals surface area contributed by atoms with Crippen molar-refractivity contribution in [1.29, 1.82) is 0 Å². The lowest BCUT2D eigenvalue weighted by Crippen LogP contribution is -2.40. The molecule has 1 aromatic rings. The molecule has 21 heavy (non-hydrogen) atoms. The van der Waals surface area contributed by atoms with E-state index in [1.807, 2.05) is 17.0 Å². The fourth-order valence-electron chi connectivity index (χ4n) is 4.33. The van der Waals surface area contributed by atoms with Gasteiger partial charge in [0.05, 0.1) is 12.6 Å². The molecule has 110 valence electrons. The number of hydrogen-bond donors (Lipinski definition) is 2. The number of aliphatic hydroxyl groups is 1. The van der Waals surface area contributed by atoms with Crippen LogP contribution in [-0.4, -0.2) is 35.1 Å². The molecular formula is C17H20N2O2. The number of carbonyl (C=O) groups excluding carboxylic acids is 1. The number of fused-ring (bicyclic) bond motifs is 4. The summed E-state index contributed by atoms with van der Waals surface area (Å²) in [5, 5.41) is 9.77. The third-order valence-corrected chi connectivity index (χ3v) is 5.28. The van der Waals surface area contributed by atoms with Gasteiger partial charge in [-0.15, -0.1) is 0 Å². The summed E-state index contributed by atoms with van der Waals surface area (Å²) in [7, 11) is 0. The minimum absolute atomic E-state index is 0.109. The van der Waals surface area contributed by atoms with Gasteiger partial charge < -0.3 is 15.7 Å². The number of nitrogen functional groups attached to an aromatic ring is 1. The van der Waals surface area contributed by atoms with Gasteiger partial charge in [-0.05, 0) is 42.0 Å². The Kier molecular flexibility index (Phi) is 2.82. The molecule has 2 heterocycles. The number of aliphatic hydroxyl groups excluding tert-OH is 1. The van der Waals surface area contributed by atoms with Crippen LogP contribution in [0.2, 0.25) is 0 Å². The molecule has 1 amide bonds. The van der Waals surface area contributed by atoms with E-state index in [1.165, 1.54) is 16.7 Å². The Morgan fingerprint density at radius 3 is 3.00 bits per heavy atom. The molecule has 0 radical (unpaired) electrons. The first kappa shape index (κ1) is 12.9. The number of nitrogens with zero attached hydrogens (tertiary/aromatic N) is 1. The highest BCUT2D eigenvalue weighted by atomic mass is 16.3. The van der Waals surface area contributed by atoms with Crippen LogP contribution in [0.1, 0.15) is 42.7 Å². The molecule has 3 aliphatic rings. The minimum atomic E-state index is 0.109. The number of nitrogens with two attached hydrogens (primary N) is 1. The van der Waals surface area contributed by atoms with Crippen molar-refractivity contribution in [3.63, 3.8) is 0 Å². The SMILES string of the molecule is Nc1cccc2c1C1=C(C[C@H]2CO)[C@@H]2CCC(=O)N2CC1. The second-order valence-electron chi connectivity index (χ2n) is 6.29. The van der Waals surface area contributed by atoms with Gasteiger partial charge in [-0.2, -0.15) is 0 Å². The molecule has 4 nitrogen and oxygen atoms in total. The molecule has 4 rings (SSSR count). The van der Waals surface area contributed by atoms with Crippen LogP contribution in [0.5, 0.6) is 0 Å². The number of amides is 1. The van der Waals surface area contributed by atoms with E-state index in [0.717, 1.165) is 37.1 Å². The average Bonchev–Trinajstić information content (AvgIpc) is 2.88. The number of hydrogen-bond acceptors (Lipinski definition) is 3. The first-order valence-electron chi connectivity index (χ1n) is 7.71. The quantitative estimate of drug-likeness (QED) is 0.774. The molecule has 0 saturated carbocycles. The molecule has 0 unspecified atom stereocenters. The average molecular weight is 284 g/mol. The molecule has 2 aliphatic heterocycles. The lowest BCUT2D eigenvalue weighted by atomic mass is 9.73. The van der Waals surface area contributed by atoms with Gasteiger partial charge >= 0.3 is 0 Å². The van der Waals surface area contributed by atoms with E-state index < -0.39 is 0 Å². The predicted octanol–water partition coefficient (Wildman–Crippen LogP) is 1.90. The largest absolute Gasteiger partial charge is 0.398 e. The molecule has 1 aromatic carbocycles. The summed E-state index contributed by atoms with van der Waals surface area (Å²) < 4.78 is 0. The highest BCUT2D eigenvalue weighted by molar-refractivity contribution is 5.87. The zero-order valence-corrected chi connectivity index (χ0v) is 12.0. The van der Waals surface area contributed by atoms with Crippen LogP contribution in [0.3, 0.4) is 0 Å². The van der Waals surface area contributed by atoms with Crippen molar-refractivity contribution in [2.24, 2.45) is 0 Å². The fraction of sp³-hybridized carbons (Fsp3) is 0.471. The minimum Gasteiger partial charge on any atom is -0.398 e. The fourth-order valence-corrected chi connectivity index (χ4v) is 4.33. The van der Waals surface area contributed by atoms with Crippen LogP contribution >= 0.6 is 0 Å². The van der Waals surface area contributed by atoms with Crippen molar-refractivity contribution in [3.8, 4) is 0 Å². The van der Waals surface area contributed by atoms with Crippen molar-refractivity contribution >= 4 is 17.2 Å². The lowest BCUT2D eigenvalue weighted by molar-refractivity contribution is -0.128. The van der Waals surface area contributed by atoms with Gasteiger partial charge in [0, 0.05) is 30.1 Å². The first-order chi connectivity index (χ1) is 10.2. The van der Waals surface area contributed by atoms with Gasteiger partial charge in [-0.1, -0.05) is 12.1 Å². The topological polar surface area (TPSA) is 66.6 Å². The summed E-state index contributed by atoms with van der Waals surface area (Å²) in [6.07, 6.45) is 3.31. The Morgan fingerprint density at radius 1 is 1.33 bits per heavy atom. The normalized spacial score (nSPS) is 27.5. The summed E-state index contributed by atoms with van der Waals surface area (Å²) >= 11 is 0. The van der Waals surface area contributed by atoms with Crippen LogP contribution in [0, 0.1) is 0 Å². The molecule has 2 atom stereocenters. The van der Waals surface area contributed by atoms with Crippen LogP contribution < -0.4 is 5.73 Å². The molecule has 4 heteroatoms. The van der Waals surface area contributed by atoms with Gasteiger partial charge in [0.2, 0.25) is 5.91 Å². The highest BCUT2D eigenvalue weighted by Crippen LogP contribution is 2.48. The van der Waals surface area contributed by atoms with Gasteiger partial charge in [0.1, 0.15) is 0 Å². The maximum Gasteiger partial charge on any atom is 0.223 e. The Hall–Kier alpha value is -1.81. The molecular weight excluding hydrogens is 264 g/mol. The van der Waals surface area contributed by atoms with Crippen molar-refractivity contribution in [2.45, 2.75) is 37.6 Å². The monoisotopic (exact) mass is 284 g/mol. The zero-order chi connectivity index (χ0) is 14.6. The van der Waals surface area contributed by atoms with E-state index in [0.29, 0.717) is 6.42 Å². The Morgan fingerprint density at radius 2 is 2.19 bits per heavy atom. The van der Waals surface area contributed by atoms with Gasteiger partial charge in [-0.25, -0.2) is 0 Å². The van der Waals surface area contributed by atoms with E-state index in [9.17, 15) is 9.90 Å². The van der Waals surface area contributed by atoms with Crippen molar-refractivity contribution in [2.75, 3.05) is 18.9 Å². The van der Waals surface area contributed by atoms with E-state index in [-0.39, 0.29) is 24.5 Å². The van der Waals surface area contributed by atoms with E-state index in [1.54, 1.807) is 0 Å². The number of carbonyl (C=O) groups is 1. The van der Waals surface area contributed by atoms with Crippen LogP contribution in [-0.2, 0) is 4.79 Å². The molecule has 3 N–H and O–H groups in total. The molecule has 0 bridgehead atoms. The Balaban J connectivity index is 1.88. The third-order valence-electron chi connectivity index (χ3n) is 5.28. The highest BCUT2D eigenvalue weighted by Gasteiger charge is 2.41. The second kappa shape index (κ2) is 4.60.